The number of hydrogen-bond acceptors (Lipinski definition) is 2. The second-order valence-electron chi connectivity index (χ2n) is 7.24. The van der Waals surface area contributed by atoms with E-state index in [1.54, 1.807) is 0 Å². The van der Waals surface area contributed by atoms with E-state index in [2.05, 4.69) is 28.8 Å². The summed E-state index contributed by atoms with van der Waals surface area (Å²) in [6.45, 7) is 0.656. The molecule has 3 aromatic carbocycles. The second kappa shape index (κ2) is 7.41. The van der Waals surface area contributed by atoms with Crippen molar-refractivity contribution in [3.05, 3.63) is 83.9 Å². The van der Waals surface area contributed by atoms with Crippen LogP contribution in [0.15, 0.2) is 72.8 Å². The lowest BCUT2D eigenvalue weighted by Gasteiger charge is -2.29. The largest absolute Gasteiger partial charge is 0.383 e. The molecule has 1 aliphatic carbocycles. The third-order valence-corrected chi connectivity index (χ3v) is 5.36. The lowest BCUT2D eigenvalue weighted by Crippen LogP contribution is -2.45. The van der Waals surface area contributed by atoms with Crippen LogP contribution >= 0.6 is 0 Å². The highest BCUT2D eigenvalue weighted by Gasteiger charge is 2.45. The first kappa shape index (κ1) is 17.6. The maximum Gasteiger partial charge on any atom is 0.315 e. The van der Waals surface area contributed by atoms with E-state index in [9.17, 15) is 9.90 Å². The van der Waals surface area contributed by atoms with Gasteiger partial charge in [0.1, 0.15) is 5.60 Å². The zero-order valence-corrected chi connectivity index (χ0v) is 15.2. The lowest BCUT2D eigenvalue weighted by atomic mass is 9.89. The Morgan fingerprint density at radius 2 is 1.63 bits per heavy atom. The lowest BCUT2D eigenvalue weighted by molar-refractivity contribution is 0.0160. The van der Waals surface area contributed by atoms with E-state index < -0.39 is 5.60 Å². The first-order valence-corrected chi connectivity index (χ1v) is 9.43. The molecular weight excluding hydrogens is 336 g/mol. The summed E-state index contributed by atoms with van der Waals surface area (Å²) in [5.74, 6) is 0.207. The first-order valence-electron chi connectivity index (χ1n) is 9.43. The molecule has 4 rings (SSSR count). The zero-order valence-electron chi connectivity index (χ0n) is 15.2. The van der Waals surface area contributed by atoms with Crippen molar-refractivity contribution in [2.45, 2.75) is 25.0 Å². The van der Waals surface area contributed by atoms with Gasteiger partial charge in [0.15, 0.2) is 0 Å². The van der Waals surface area contributed by atoms with E-state index in [1.807, 2.05) is 54.6 Å². The van der Waals surface area contributed by atoms with E-state index in [0.29, 0.717) is 6.54 Å². The highest BCUT2D eigenvalue weighted by Crippen LogP contribution is 2.45. The van der Waals surface area contributed by atoms with Gasteiger partial charge in [0.25, 0.3) is 0 Å². The summed E-state index contributed by atoms with van der Waals surface area (Å²) in [7, 11) is 0. The van der Waals surface area contributed by atoms with E-state index in [1.165, 1.54) is 0 Å². The van der Waals surface area contributed by atoms with Crippen LogP contribution in [0, 0.1) is 5.92 Å². The van der Waals surface area contributed by atoms with Gasteiger partial charge in [-0.1, -0.05) is 72.8 Å². The molecule has 27 heavy (non-hydrogen) atoms. The van der Waals surface area contributed by atoms with Gasteiger partial charge in [-0.25, -0.2) is 4.79 Å². The van der Waals surface area contributed by atoms with Gasteiger partial charge in [-0.15, -0.1) is 0 Å². The molecule has 138 valence electrons. The van der Waals surface area contributed by atoms with E-state index >= 15 is 0 Å². The van der Waals surface area contributed by atoms with Crippen molar-refractivity contribution < 1.29 is 9.90 Å². The molecule has 0 aliphatic heterocycles. The molecule has 1 aliphatic rings. The fourth-order valence-corrected chi connectivity index (χ4v) is 3.67. The quantitative estimate of drug-likeness (QED) is 0.624. The van der Waals surface area contributed by atoms with Crippen molar-refractivity contribution in [3.63, 3.8) is 0 Å². The highest BCUT2D eigenvalue weighted by molar-refractivity contribution is 5.86. The third kappa shape index (κ3) is 3.81. The normalized spacial score (nSPS) is 15.9. The minimum absolute atomic E-state index is 0.207. The number of carbonyl (C=O) groups excluding carboxylic acids is 1. The molecule has 1 unspecified atom stereocenters. The summed E-state index contributed by atoms with van der Waals surface area (Å²) in [5.41, 5.74) is 0.934. The van der Waals surface area contributed by atoms with Crippen LogP contribution in [0.1, 0.15) is 24.0 Å². The Morgan fingerprint density at radius 3 is 2.41 bits per heavy atom. The number of urea groups is 1. The minimum Gasteiger partial charge on any atom is -0.383 e. The van der Waals surface area contributed by atoms with Crippen LogP contribution < -0.4 is 10.6 Å². The van der Waals surface area contributed by atoms with E-state index in [-0.39, 0.29) is 18.5 Å². The highest BCUT2D eigenvalue weighted by atomic mass is 16.3. The topological polar surface area (TPSA) is 61.4 Å². The molecule has 1 atom stereocenters. The fourth-order valence-electron chi connectivity index (χ4n) is 3.67. The van der Waals surface area contributed by atoms with Crippen LogP contribution in [0.25, 0.3) is 10.8 Å². The van der Waals surface area contributed by atoms with Crippen LogP contribution in [0.2, 0.25) is 0 Å². The number of aliphatic hydroxyl groups is 1. The average Bonchev–Trinajstić information content (AvgIpc) is 3.57. The van der Waals surface area contributed by atoms with Crippen LogP contribution in [0.3, 0.4) is 0 Å². The number of benzene rings is 3. The Kier molecular flexibility index (Phi) is 4.82. The molecule has 0 spiro atoms. The molecule has 0 radical (unpaired) electrons. The van der Waals surface area contributed by atoms with Crippen LogP contribution in [0.5, 0.6) is 0 Å². The number of hydrogen-bond donors (Lipinski definition) is 3. The maximum atomic E-state index is 12.3. The number of carbonyl (C=O) groups is 1. The predicted octanol–water partition coefficient (Wildman–Crippen LogP) is 3.94. The zero-order chi connectivity index (χ0) is 18.7. The number of amides is 2. The number of rotatable bonds is 6. The first-order chi connectivity index (χ1) is 13.2. The van der Waals surface area contributed by atoms with Gasteiger partial charge in [-0.2, -0.15) is 0 Å². The standard InChI is InChI=1S/C23H24N2O2/c26-22(24-15-18-9-6-8-17-7-4-5-12-21(17)18)25-16-23(27,20-13-14-20)19-10-2-1-3-11-19/h1-12,20,27H,13-16H2,(H2,24,25,26). The molecule has 2 amide bonds. The summed E-state index contributed by atoms with van der Waals surface area (Å²) in [4.78, 5) is 12.3. The molecule has 0 bridgehead atoms. The van der Waals surface area contributed by atoms with Crippen LogP contribution in [0.4, 0.5) is 4.79 Å². The van der Waals surface area contributed by atoms with E-state index in [4.69, 9.17) is 0 Å². The maximum absolute atomic E-state index is 12.3. The molecule has 0 aromatic heterocycles. The molecule has 4 heteroatoms. The van der Waals surface area contributed by atoms with Gasteiger partial charge in [0.2, 0.25) is 0 Å². The molecule has 3 N–H and O–H groups in total. The van der Waals surface area contributed by atoms with Crippen molar-refractivity contribution in [3.8, 4) is 0 Å². The third-order valence-electron chi connectivity index (χ3n) is 5.36. The molecular formula is C23H24N2O2. The molecule has 1 fully saturated rings. The Morgan fingerprint density at radius 1 is 0.926 bits per heavy atom. The second-order valence-corrected chi connectivity index (χ2v) is 7.24. The monoisotopic (exact) mass is 360 g/mol. The van der Waals surface area contributed by atoms with Crippen molar-refractivity contribution in [1.29, 1.82) is 0 Å². The Bertz CT molecular complexity index is 932. The predicted molar refractivity (Wildman–Crippen MR) is 107 cm³/mol. The SMILES string of the molecule is O=C(NCc1cccc2ccccc12)NCC(O)(c1ccccc1)C1CC1. The van der Waals surface area contributed by atoms with Gasteiger partial charge in [-0.3, -0.25) is 0 Å². The fraction of sp³-hybridized carbons (Fsp3) is 0.261. The summed E-state index contributed by atoms with van der Waals surface area (Å²) >= 11 is 0. The van der Waals surface area contributed by atoms with Crippen molar-refractivity contribution in [1.82, 2.24) is 10.6 Å². The van der Waals surface area contributed by atoms with Crippen molar-refractivity contribution in [2.75, 3.05) is 6.54 Å². The van der Waals surface area contributed by atoms with Gasteiger partial charge in [-0.05, 0) is 40.7 Å². The minimum atomic E-state index is -1.00. The summed E-state index contributed by atoms with van der Waals surface area (Å²) in [5, 5.41) is 19.2. The van der Waals surface area contributed by atoms with Gasteiger partial charge >= 0.3 is 6.03 Å². The summed E-state index contributed by atoms with van der Waals surface area (Å²) in [6.07, 6.45) is 1.98. The molecule has 4 nitrogen and oxygen atoms in total. The number of nitrogens with one attached hydrogen (secondary N) is 2. The molecule has 0 heterocycles. The molecule has 3 aromatic rings. The van der Waals surface area contributed by atoms with Crippen molar-refractivity contribution >= 4 is 16.8 Å². The van der Waals surface area contributed by atoms with Crippen LogP contribution in [-0.4, -0.2) is 17.7 Å². The van der Waals surface area contributed by atoms with E-state index in [0.717, 1.165) is 34.7 Å². The average molecular weight is 360 g/mol. The number of fused-ring (bicyclic) bond motifs is 1. The molecule has 1 saturated carbocycles. The van der Waals surface area contributed by atoms with Gasteiger partial charge in [0.05, 0.1) is 6.54 Å². The Balaban J connectivity index is 1.39. The van der Waals surface area contributed by atoms with Crippen LogP contribution in [-0.2, 0) is 12.1 Å². The smallest absolute Gasteiger partial charge is 0.315 e. The Hall–Kier alpha value is -2.85. The van der Waals surface area contributed by atoms with Gasteiger partial charge in [0, 0.05) is 6.54 Å². The Labute approximate surface area is 159 Å². The summed E-state index contributed by atoms with van der Waals surface area (Å²) in [6, 6.07) is 23.6. The van der Waals surface area contributed by atoms with Crippen molar-refractivity contribution in [2.24, 2.45) is 5.92 Å². The summed E-state index contributed by atoms with van der Waals surface area (Å²) < 4.78 is 0. The molecule has 0 saturated heterocycles. The van der Waals surface area contributed by atoms with Gasteiger partial charge < -0.3 is 15.7 Å².